The van der Waals surface area contributed by atoms with Gasteiger partial charge in [-0.3, -0.25) is 9.36 Å². The summed E-state index contributed by atoms with van der Waals surface area (Å²) in [5, 5.41) is 12.2. The Labute approximate surface area is 196 Å². The number of nitriles is 1. The van der Waals surface area contributed by atoms with Gasteiger partial charge in [0.05, 0.1) is 17.2 Å². The highest BCUT2D eigenvalue weighted by Gasteiger charge is 2.25. The number of aromatic nitrogens is 4. The number of fused-ring (bicyclic) bond motifs is 1. The number of halogens is 3. The van der Waals surface area contributed by atoms with Gasteiger partial charge < -0.3 is 16.8 Å². The van der Waals surface area contributed by atoms with Gasteiger partial charge in [-0.1, -0.05) is 19.4 Å². The molecule has 0 spiro atoms. The zero-order valence-electron chi connectivity index (χ0n) is 18.4. The Kier molecular flexibility index (Phi) is 6.24. The lowest BCUT2D eigenvalue weighted by Gasteiger charge is -2.23. The van der Waals surface area contributed by atoms with Crippen LogP contribution in [0.3, 0.4) is 0 Å². The zero-order valence-corrected chi connectivity index (χ0v) is 18.4. The molecule has 9 nitrogen and oxygen atoms in total. The van der Waals surface area contributed by atoms with E-state index < -0.39 is 29.1 Å². The van der Waals surface area contributed by atoms with E-state index in [0.717, 1.165) is 22.8 Å². The van der Waals surface area contributed by atoms with Gasteiger partial charge in [-0.2, -0.15) is 15.2 Å². The second kappa shape index (κ2) is 9.30. The molecule has 2 heterocycles. The molecule has 0 amide bonds. The molecule has 1 atom stereocenters. The van der Waals surface area contributed by atoms with E-state index in [-0.39, 0.29) is 45.6 Å². The fourth-order valence-electron chi connectivity index (χ4n) is 3.79. The van der Waals surface area contributed by atoms with E-state index in [0.29, 0.717) is 18.9 Å². The maximum atomic E-state index is 14.6. The van der Waals surface area contributed by atoms with Crippen molar-refractivity contribution in [3.8, 4) is 11.8 Å². The molecule has 2 aromatic carbocycles. The molecule has 0 saturated heterocycles. The highest BCUT2D eigenvalue weighted by molar-refractivity contribution is 5.79. The molecule has 0 bridgehead atoms. The smallest absolute Gasteiger partial charge is 0.269 e. The van der Waals surface area contributed by atoms with Crippen molar-refractivity contribution in [3.05, 3.63) is 75.6 Å². The Morgan fingerprint density at radius 1 is 1.11 bits per heavy atom. The van der Waals surface area contributed by atoms with E-state index >= 15 is 0 Å². The molecule has 0 aliphatic carbocycles. The van der Waals surface area contributed by atoms with Crippen LogP contribution in [0.25, 0.3) is 16.6 Å². The Morgan fingerprint density at radius 3 is 2.49 bits per heavy atom. The lowest BCUT2D eigenvalue weighted by Crippen LogP contribution is -2.29. The Morgan fingerprint density at radius 2 is 1.83 bits per heavy atom. The van der Waals surface area contributed by atoms with Crippen molar-refractivity contribution in [1.82, 2.24) is 19.5 Å². The van der Waals surface area contributed by atoms with Gasteiger partial charge in [0, 0.05) is 6.07 Å². The predicted octanol–water partition coefficient (Wildman–Crippen LogP) is 3.58. The number of rotatable bonds is 6. The fraction of sp³-hybridized carbons (Fsp3) is 0.174. The lowest BCUT2D eigenvalue weighted by molar-refractivity contribution is 0.575. The van der Waals surface area contributed by atoms with Crippen molar-refractivity contribution in [2.45, 2.75) is 25.8 Å². The second-order valence-corrected chi connectivity index (χ2v) is 7.66. The van der Waals surface area contributed by atoms with Gasteiger partial charge in [0.2, 0.25) is 5.95 Å². The van der Waals surface area contributed by atoms with Crippen LogP contribution in [0, 0.1) is 28.8 Å². The topological polar surface area (TPSA) is 149 Å². The third kappa shape index (κ3) is 4.43. The van der Waals surface area contributed by atoms with Crippen molar-refractivity contribution < 1.29 is 13.2 Å². The molecular formula is C23H19F3N8O. The van der Waals surface area contributed by atoms with Crippen LogP contribution in [0.15, 0.2) is 41.2 Å². The molecule has 0 aliphatic rings. The third-order valence-corrected chi connectivity index (χ3v) is 5.24. The second-order valence-electron chi connectivity index (χ2n) is 7.66. The molecule has 2 aromatic heterocycles. The first kappa shape index (κ1) is 23.5. The van der Waals surface area contributed by atoms with Gasteiger partial charge in [0.25, 0.3) is 5.56 Å². The van der Waals surface area contributed by atoms with Crippen molar-refractivity contribution in [2.75, 3.05) is 16.8 Å². The van der Waals surface area contributed by atoms with Crippen LogP contribution < -0.4 is 22.3 Å². The summed E-state index contributed by atoms with van der Waals surface area (Å²) in [6.45, 7) is 1.85. The van der Waals surface area contributed by atoms with Gasteiger partial charge in [-0.25, -0.2) is 18.2 Å². The first-order valence-electron chi connectivity index (χ1n) is 10.5. The summed E-state index contributed by atoms with van der Waals surface area (Å²) in [6, 6.07) is 7.52. The Bertz CT molecular complexity index is 1530. The summed E-state index contributed by atoms with van der Waals surface area (Å²) >= 11 is 0. The summed E-state index contributed by atoms with van der Waals surface area (Å²) in [5.74, 6) is -3.06. The quantitative estimate of drug-likeness (QED) is 0.379. The largest absolute Gasteiger partial charge is 0.382 e. The molecule has 0 saturated carbocycles. The minimum Gasteiger partial charge on any atom is -0.382 e. The number of nitrogens with two attached hydrogens (primary N) is 2. The summed E-state index contributed by atoms with van der Waals surface area (Å²) in [6.07, 6.45) is 0.893. The number of nitrogens with zero attached hydrogens (tertiary/aromatic N) is 5. The number of anilines is 3. The SMILES string of the molecule is CCC[C@H](Nc1nc(N)nc(N)c1C#N)c1nc2cccc(F)c2c(=O)n1-c1cc(F)cc(F)c1. The van der Waals surface area contributed by atoms with E-state index in [9.17, 15) is 23.2 Å². The maximum Gasteiger partial charge on any atom is 0.269 e. The van der Waals surface area contributed by atoms with E-state index in [4.69, 9.17) is 11.5 Å². The van der Waals surface area contributed by atoms with E-state index in [1.54, 1.807) is 0 Å². The van der Waals surface area contributed by atoms with Crippen LogP contribution >= 0.6 is 0 Å². The van der Waals surface area contributed by atoms with Crippen molar-refractivity contribution in [2.24, 2.45) is 0 Å². The average molecular weight is 480 g/mol. The number of benzene rings is 2. The van der Waals surface area contributed by atoms with Crippen LogP contribution in [0.5, 0.6) is 0 Å². The number of nitrogens with one attached hydrogen (secondary N) is 1. The third-order valence-electron chi connectivity index (χ3n) is 5.24. The molecule has 5 N–H and O–H groups in total. The number of hydrogen-bond donors (Lipinski definition) is 3. The van der Waals surface area contributed by atoms with Gasteiger partial charge in [0.1, 0.15) is 46.1 Å². The highest BCUT2D eigenvalue weighted by atomic mass is 19.1. The van der Waals surface area contributed by atoms with Gasteiger partial charge in [-0.05, 0) is 30.7 Å². The molecule has 0 fully saturated rings. The summed E-state index contributed by atoms with van der Waals surface area (Å²) < 4.78 is 43.8. The minimum atomic E-state index is -0.936. The van der Waals surface area contributed by atoms with Crippen LogP contribution in [0.4, 0.5) is 30.8 Å². The molecule has 35 heavy (non-hydrogen) atoms. The molecule has 12 heteroatoms. The monoisotopic (exact) mass is 480 g/mol. The van der Waals surface area contributed by atoms with Crippen LogP contribution in [0.2, 0.25) is 0 Å². The van der Waals surface area contributed by atoms with E-state index in [1.165, 1.54) is 12.1 Å². The summed E-state index contributed by atoms with van der Waals surface area (Å²) in [5.41, 5.74) is 10.4. The Hall–Kier alpha value is -4.66. The summed E-state index contributed by atoms with van der Waals surface area (Å²) in [7, 11) is 0. The lowest BCUT2D eigenvalue weighted by atomic mass is 10.1. The van der Waals surface area contributed by atoms with Crippen molar-refractivity contribution >= 4 is 28.5 Å². The molecule has 178 valence electrons. The average Bonchev–Trinajstić information content (AvgIpc) is 2.77. The van der Waals surface area contributed by atoms with Crippen molar-refractivity contribution in [1.29, 1.82) is 5.26 Å². The standard InChI is InChI=1S/C23H19F3N8O/c1-2-4-17(30-20-14(10-27)19(28)32-23(29)33-20)21-31-16-6-3-5-15(26)18(16)22(35)34(21)13-8-11(24)7-12(25)9-13/h3,5-9,17H,2,4H2,1H3,(H5,28,29,30,32,33)/t17-/m0/s1. The van der Waals surface area contributed by atoms with Crippen LogP contribution in [0.1, 0.15) is 37.2 Å². The predicted molar refractivity (Wildman–Crippen MR) is 124 cm³/mol. The van der Waals surface area contributed by atoms with Gasteiger partial charge in [0.15, 0.2) is 5.82 Å². The van der Waals surface area contributed by atoms with Crippen LogP contribution in [-0.2, 0) is 0 Å². The van der Waals surface area contributed by atoms with Gasteiger partial charge >= 0.3 is 0 Å². The normalized spacial score (nSPS) is 11.9. The van der Waals surface area contributed by atoms with Gasteiger partial charge in [-0.15, -0.1) is 0 Å². The first-order chi connectivity index (χ1) is 16.7. The highest BCUT2D eigenvalue weighted by Crippen LogP contribution is 2.28. The molecule has 0 radical (unpaired) electrons. The molecule has 0 aliphatic heterocycles. The zero-order chi connectivity index (χ0) is 25.3. The number of hydrogen-bond acceptors (Lipinski definition) is 8. The molecule has 0 unspecified atom stereocenters. The summed E-state index contributed by atoms with van der Waals surface area (Å²) in [4.78, 5) is 25.8. The van der Waals surface area contributed by atoms with E-state index in [1.807, 2.05) is 13.0 Å². The van der Waals surface area contributed by atoms with E-state index in [2.05, 4.69) is 20.3 Å². The first-order valence-corrected chi connectivity index (χ1v) is 10.5. The van der Waals surface area contributed by atoms with Crippen LogP contribution in [-0.4, -0.2) is 19.5 Å². The fourth-order valence-corrected chi connectivity index (χ4v) is 3.79. The molecule has 4 rings (SSSR count). The maximum absolute atomic E-state index is 14.6. The number of nitrogen functional groups attached to an aromatic ring is 2. The minimum absolute atomic E-state index is 0.0125. The molecular weight excluding hydrogens is 461 g/mol. The Balaban J connectivity index is 2.02. The van der Waals surface area contributed by atoms with Crippen molar-refractivity contribution in [3.63, 3.8) is 0 Å². The molecule has 4 aromatic rings.